The molecule has 0 amide bonds. The molecule has 96 valence electrons. The molecule has 0 aliphatic rings. The van der Waals surface area contributed by atoms with Crippen LogP contribution in [0.5, 0.6) is 0 Å². The van der Waals surface area contributed by atoms with Gasteiger partial charge in [0.15, 0.2) is 5.13 Å². The Kier molecular flexibility index (Phi) is 2.92. The molecule has 0 saturated heterocycles. The van der Waals surface area contributed by atoms with Crippen LogP contribution in [0.2, 0.25) is 0 Å². The Bertz CT molecular complexity index is 693. The molecule has 2 N–H and O–H groups in total. The maximum Gasteiger partial charge on any atom is 0.233 e. The predicted molar refractivity (Wildman–Crippen MR) is 66.8 cm³/mol. The topological polar surface area (TPSA) is 90.7 Å². The summed E-state index contributed by atoms with van der Waals surface area (Å²) in [4.78, 5) is 12.2. The van der Waals surface area contributed by atoms with E-state index in [1.165, 1.54) is 23.5 Å². The van der Waals surface area contributed by atoms with Crippen LogP contribution in [0.4, 0.5) is 9.52 Å². The number of nitrogens with zero attached hydrogens (tertiary/aromatic N) is 4. The van der Waals surface area contributed by atoms with Crippen LogP contribution >= 0.6 is 11.3 Å². The van der Waals surface area contributed by atoms with Crippen molar-refractivity contribution in [1.29, 1.82) is 0 Å². The molecule has 0 spiro atoms. The lowest BCUT2D eigenvalue weighted by atomic mass is 10.3. The number of pyridine rings is 1. The first kappa shape index (κ1) is 11.7. The van der Waals surface area contributed by atoms with Gasteiger partial charge in [-0.25, -0.2) is 14.4 Å². The van der Waals surface area contributed by atoms with Crippen molar-refractivity contribution < 1.29 is 8.91 Å². The molecule has 3 aromatic rings. The Hall–Kier alpha value is -2.35. The zero-order chi connectivity index (χ0) is 13.2. The average Bonchev–Trinajstić information content (AvgIpc) is 3.00. The fourth-order valence-corrected chi connectivity index (χ4v) is 2.06. The molecule has 0 bridgehead atoms. The molecule has 0 fully saturated rings. The quantitative estimate of drug-likeness (QED) is 0.786. The first-order valence-electron chi connectivity index (χ1n) is 5.35. The van der Waals surface area contributed by atoms with E-state index >= 15 is 0 Å². The van der Waals surface area contributed by atoms with Gasteiger partial charge in [-0.15, -0.1) is 11.3 Å². The van der Waals surface area contributed by atoms with Crippen molar-refractivity contribution in [1.82, 2.24) is 20.1 Å². The van der Waals surface area contributed by atoms with Crippen LogP contribution in [0.1, 0.15) is 11.6 Å². The zero-order valence-corrected chi connectivity index (χ0v) is 10.4. The van der Waals surface area contributed by atoms with Gasteiger partial charge in [-0.1, -0.05) is 5.16 Å². The summed E-state index contributed by atoms with van der Waals surface area (Å²) in [5.74, 6) is 0.315. The van der Waals surface area contributed by atoms with Crippen molar-refractivity contribution in [3.63, 3.8) is 0 Å². The summed E-state index contributed by atoms with van der Waals surface area (Å²) in [6.07, 6.45) is 1.51. The highest BCUT2D eigenvalue weighted by Gasteiger charge is 2.11. The summed E-state index contributed by atoms with van der Waals surface area (Å²) >= 11 is 1.35. The van der Waals surface area contributed by atoms with Gasteiger partial charge >= 0.3 is 0 Å². The van der Waals surface area contributed by atoms with Gasteiger partial charge in [-0.05, 0) is 12.1 Å². The summed E-state index contributed by atoms with van der Waals surface area (Å²) in [7, 11) is 0. The van der Waals surface area contributed by atoms with E-state index in [2.05, 4.69) is 20.1 Å². The van der Waals surface area contributed by atoms with Gasteiger partial charge in [0.1, 0.15) is 11.5 Å². The van der Waals surface area contributed by atoms with E-state index < -0.39 is 5.82 Å². The van der Waals surface area contributed by atoms with Gasteiger partial charge in [0.25, 0.3) is 0 Å². The van der Waals surface area contributed by atoms with E-state index in [1.807, 2.05) is 5.38 Å². The molecule has 0 aromatic carbocycles. The predicted octanol–water partition coefficient (Wildman–Crippen LogP) is 1.90. The fourth-order valence-electron chi connectivity index (χ4n) is 1.50. The second kappa shape index (κ2) is 4.73. The van der Waals surface area contributed by atoms with Gasteiger partial charge in [0.05, 0.1) is 18.3 Å². The lowest BCUT2D eigenvalue weighted by Crippen LogP contribution is -1.91. The highest BCUT2D eigenvalue weighted by molar-refractivity contribution is 7.13. The van der Waals surface area contributed by atoms with Gasteiger partial charge in [-0.3, -0.25) is 0 Å². The summed E-state index contributed by atoms with van der Waals surface area (Å²) in [5, 5.41) is 6.12. The summed E-state index contributed by atoms with van der Waals surface area (Å²) < 4.78 is 17.8. The molecule has 19 heavy (non-hydrogen) atoms. The van der Waals surface area contributed by atoms with Crippen LogP contribution in [0.15, 0.2) is 28.2 Å². The van der Waals surface area contributed by atoms with Crippen LogP contribution in [0.25, 0.3) is 11.5 Å². The normalized spacial score (nSPS) is 10.8. The number of halogens is 1. The van der Waals surface area contributed by atoms with Crippen molar-refractivity contribution in [2.45, 2.75) is 6.42 Å². The Labute approximate surface area is 111 Å². The van der Waals surface area contributed by atoms with E-state index in [0.29, 0.717) is 29.0 Å². The molecule has 8 heteroatoms. The smallest absolute Gasteiger partial charge is 0.233 e. The van der Waals surface area contributed by atoms with Crippen LogP contribution in [0.3, 0.4) is 0 Å². The number of anilines is 1. The standard InChI is InChI=1S/C11H8FN5OS/c12-6-1-2-8(14-4-6)10-16-9(18-17-10)3-7-5-19-11(13)15-7/h1-2,4-5H,3H2,(H2,13,15). The molecule has 0 aliphatic carbocycles. The lowest BCUT2D eigenvalue weighted by molar-refractivity contribution is 0.385. The molecule has 6 nitrogen and oxygen atoms in total. The fraction of sp³-hybridized carbons (Fsp3) is 0.0909. The van der Waals surface area contributed by atoms with Crippen molar-refractivity contribution in [2.24, 2.45) is 0 Å². The van der Waals surface area contributed by atoms with E-state index in [-0.39, 0.29) is 0 Å². The minimum Gasteiger partial charge on any atom is -0.375 e. The molecule has 0 saturated carbocycles. The number of nitrogen functional groups attached to an aromatic ring is 1. The molecule has 3 aromatic heterocycles. The Morgan fingerprint density at radius 1 is 1.32 bits per heavy atom. The van der Waals surface area contributed by atoms with E-state index in [4.69, 9.17) is 10.3 Å². The van der Waals surface area contributed by atoms with E-state index in [9.17, 15) is 4.39 Å². The van der Waals surface area contributed by atoms with Crippen LogP contribution in [0, 0.1) is 5.82 Å². The first-order valence-corrected chi connectivity index (χ1v) is 6.23. The van der Waals surface area contributed by atoms with Gasteiger partial charge in [0, 0.05) is 5.38 Å². The SMILES string of the molecule is Nc1nc(Cc2nc(-c3ccc(F)cn3)no2)cs1. The van der Waals surface area contributed by atoms with E-state index in [0.717, 1.165) is 11.9 Å². The maximum atomic E-state index is 12.8. The number of hydrogen-bond acceptors (Lipinski definition) is 7. The highest BCUT2D eigenvalue weighted by Crippen LogP contribution is 2.17. The first-order chi connectivity index (χ1) is 9.20. The monoisotopic (exact) mass is 277 g/mol. The van der Waals surface area contributed by atoms with Crippen LogP contribution in [-0.4, -0.2) is 20.1 Å². The third-order valence-corrected chi connectivity index (χ3v) is 3.05. The zero-order valence-electron chi connectivity index (χ0n) is 9.58. The molecular formula is C11H8FN5OS. The van der Waals surface area contributed by atoms with Crippen molar-refractivity contribution in [2.75, 3.05) is 5.73 Å². The molecule has 0 atom stereocenters. The second-order valence-electron chi connectivity index (χ2n) is 3.73. The number of nitrogens with two attached hydrogens (primary N) is 1. The van der Waals surface area contributed by atoms with Gasteiger partial charge in [-0.2, -0.15) is 4.98 Å². The molecular weight excluding hydrogens is 269 g/mol. The molecule has 0 radical (unpaired) electrons. The van der Waals surface area contributed by atoms with Gasteiger partial charge in [0.2, 0.25) is 11.7 Å². The van der Waals surface area contributed by atoms with Crippen LogP contribution in [-0.2, 0) is 6.42 Å². The summed E-state index contributed by atoms with van der Waals surface area (Å²) in [6, 6.07) is 2.78. The van der Waals surface area contributed by atoms with E-state index in [1.54, 1.807) is 0 Å². The maximum absolute atomic E-state index is 12.8. The Morgan fingerprint density at radius 3 is 2.89 bits per heavy atom. The van der Waals surface area contributed by atoms with Crippen LogP contribution < -0.4 is 5.73 Å². The van der Waals surface area contributed by atoms with Gasteiger partial charge < -0.3 is 10.3 Å². The number of thiazole rings is 1. The molecule has 3 heterocycles. The second-order valence-corrected chi connectivity index (χ2v) is 4.62. The highest BCUT2D eigenvalue weighted by atomic mass is 32.1. The minimum atomic E-state index is -0.412. The Morgan fingerprint density at radius 2 is 2.21 bits per heavy atom. The van der Waals surface area contributed by atoms with Crippen molar-refractivity contribution in [3.8, 4) is 11.5 Å². The summed E-state index contributed by atoms with van der Waals surface area (Å²) in [5.41, 5.74) is 6.76. The Balaban J connectivity index is 1.81. The van der Waals surface area contributed by atoms with Crippen molar-refractivity contribution in [3.05, 3.63) is 41.1 Å². The largest absolute Gasteiger partial charge is 0.375 e. The third-order valence-electron chi connectivity index (χ3n) is 2.33. The number of aromatic nitrogens is 4. The number of rotatable bonds is 3. The lowest BCUT2D eigenvalue weighted by Gasteiger charge is -1.91. The summed E-state index contributed by atoms with van der Waals surface area (Å²) in [6.45, 7) is 0. The molecule has 0 aliphatic heterocycles. The molecule has 0 unspecified atom stereocenters. The third kappa shape index (κ3) is 2.58. The van der Waals surface area contributed by atoms with Crippen molar-refractivity contribution >= 4 is 16.5 Å². The number of hydrogen-bond donors (Lipinski definition) is 1. The average molecular weight is 277 g/mol. The molecule has 3 rings (SSSR count). The minimum absolute atomic E-state index is 0.318.